The molecule has 0 aliphatic carbocycles. The first kappa shape index (κ1) is 9.65. The summed E-state index contributed by atoms with van der Waals surface area (Å²) in [4.78, 5) is 1.38. The lowest BCUT2D eigenvalue weighted by atomic mass is 10.5. The highest BCUT2D eigenvalue weighted by Gasteiger charge is 1.99. The lowest BCUT2D eigenvalue weighted by molar-refractivity contribution is 1.63. The molecule has 0 saturated carbocycles. The molecule has 0 saturated heterocycles. The third-order valence-corrected chi connectivity index (χ3v) is 6.56. The number of hydrogen-bond donors (Lipinski definition) is 0. The molecule has 0 aliphatic rings. The van der Waals surface area contributed by atoms with Gasteiger partial charge in [-0.2, -0.15) is 0 Å². The molecule has 0 radical (unpaired) electrons. The summed E-state index contributed by atoms with van der Waals surface area (Å²) < 4.78 is 2.76. The standard InChI is InChI=1S/C9H8S4/c1-7-4-5-9(11-7)13-12-8-3-2-6-10-8/h2-6H,1H3. The van der Waals surface area contributed by atoms with Crippen molar-refractivity contribution < 1.29 is 0 Å². The van der Waals surface area contributed by atoms with Crippen molar-refractivity contribution in [2.45, 2.75) is 15.3 Å². The average Bonchev–Trinajstić information content (AvgIpc) is 2.71. The van der Waals surface area contributed by atoms with Crippen molar-refractivity contribution in [1.29, 1.82) is 0 Å². The minimum atomic E-state index is 1.37. The van der Waals surface area contributed by atoms with Gasteiger partial charge >= 0.3 is 0 Å². The van der Waals surface area contributed by atoms with E-state index in [0.717, 1.165) is 0 Å². The van der Waals surface area contributed by atoms with Crippen LogP contribution in [-0.2, 0) is 0 Å². The van der Waals surface area contributed by atoms with Gasteiger partial charge in [0, 0.05) is 4.88 Å². The topological polar surface area (TPSA) is 0 Å². The van der Waals surface area contributed by atoms with E-state index in [4.69, 9.17) is 0 Å². The number of rotatable bonds is 3. The molecular formula is C9H8S4. The lowest BCUT2D eigenvalue weighted by Crippen LogP contribution is -1.51. The van der Waals surface area contributed by atoms with E-state index in [2.05, 4.69) is 36.6 Å². The van der Waals surface area contributed by atoms with Gasteiger partial charge in [-0.05, 0) is 52.1 Å². The van der Waals surface area contributed by atoms with Gasteiger partial charge in [-0.1, -0.05) is 6.07 Å². The fraction of sp³-hybridized carbons (Fsp3) is 0.111. The van der Waals surface area contributed by atoms with Crippen LogP contribution >= 0.6 is 44.3 Å². The van der Waals surface area contributed by atoms with E-state index >= 15 is 0 Å². The maximum atomic E-state index is 2.19. The molecule has 2 heterocycles. The Morgan fingerprint density at radius 2 is 1.92 bits per heavy atom. The third kappa shape index (κ3) is 2.77. The Morgan fingerprint density at radius 1 is 1.08 bits per heavy atom. The van der Waals surface area contributed by atoms with Crippen molar-refractivity contribution in [3.8, 4) is 0 Å². The quantitative estimate of drug-likeness (QED) is 0.703. The van der Waals surface area contributed by atoms with Crippen LogP contribution in [-0.4, -0.2) is 0 Å². The van der Waals surface area contributed by atoms with Crippen molar-refractivity contribution in [3.05, 3.63) is 34.5 Å². The molecule has 2 aromatic rings. The molecule has 68 valence electrons. The predicted molar refractivity (Wildman–Crippen MR) is 65.1 cm³/mol. The summed E-state index contributed by atoms with van der Waals surface area (Å²) in [5.41, 5.74) is 0. The monoisotopic (exact) mass is 244 g/mol. The summed E-state index contributed by atoms with van der Waals surface area (Å²) in [5.74, 6) is 0. The highest BCUT2D eigenvalue weighted by atomic mass is 33.1. The summed E-state index contributed by atoms with van der Waals surface area (Å²) in [6, 6.07) is 8.60. The Balaban J connectivity index is 1.93. The van der Waals surface area contributed by atoms with E-state index in [0.29, 0.717) is 0 Å². The van der Waals surface area contributed by atoms with Gasteiger partial charge in [0.2, 0.25) is 0 Å². The van der Waals surface area contributed by atoms with E-state index in [9.17, 15) is 0 Å². The third-order valence-electron chi connectivity index (χ3n) is 1.42. The van der Waals surface area contributed by atoms with Crippen LogP contribution in [0, 0.1) is 6.92 Å². The molecule has 0 bridgehead atoms. The molecule has 0 spiro atoms. The zero-order chi connectivity index (χ0) is 9.10. The Kier molecular flexibility index (Phi) is 3.38. The first-order chi connectivity index (χ1) is 6.34. The molecule has 2 aromatic heterocycles. The molecule has 13 heavy (non-hydrogen) atoms. The second kappa shape index (κ2) is 4.55. The molecule has 0 fully saturated rings. The number of aryl methyl sites for hydroxylation is 1. The summed E-state index contributed by atoms with van der Waals surface area (Å²) in [6.45, 7) is 2.14. The Labute approximate surface area is 93.8 Å². The molecule has 4 heteroatoms. The minimum absolute atomic E-state index is 1.37. The van der Waals surface area contributed by atoms with E-state index in [-0.39, 0.29) is 0 Å². The fourth-order valence-corrected chi connectivity index (χ4v) is 5.26. The van der Waals surface area contributed by atoms with Crippen molar-refractivity contribution in [2.24, 2.45) is 0 Å². The smallest absolute Gasteiger partial charge is 0.0712 e. The first-order valence-electron chi connectivity index (χ1n) is 3.79. The van der Waals surface area contributed by atoms with E-state index in [1.807, 2.05) is 32.9 Å². The molecule has 0 aliphatic heterocycles. The second-order valence-corrected chi connectivity index (χ2v) is 7.43. The summed E-state index contributed by atoms with van der Waals surface area (Å²) in [6.07, 6.45) is 0. The largest absolute Gasteiger partial charge is 0.137 e. The van der Waals surface area contributed by atoms with Gasteiger partial charge in [0.1, 0.15) is 0 Å². The fourth-order valence-electron chi connectivity index (χ4n) is 0.850. The lowest BCUT2D eigenvalue weighted by Gasteiger charge is -1.92. The van der Waals surface area contributed by atoms with Gasteiger partial charge in [-0.15, -0.1) is 22.7 Å². The molecule has 0 atom stereocenters. The zero-order valence-electron chi connectivity index (χ0n) is 7.02. The van der Waals surface area contributed by atoms with Crippen LogP contribution in [0.15, 0.2) is 38.1 Å². The molecular weight excluding hydrogens is 236 g/mol. The highest BCUT2D eigenvalue weighted by molar-refractivity contribution is 8.77. The van der Waals surface area contributed by atoms with Crippen LogP contribution in [0.4, 0.5) is 0 Å². The summed E-state index contributed by atoms with van der Waals surface area (Å²) in [5, 5.41) is 2.11. The Morgan fingerprint density at radius 3 is 2.54 bits per heavy atom. The second-order valence-electron chi connectivity index (χ2n) is 2.46. The summed E-state index contributed by atoms with van der Waals surface area (Å²) >= 11 is 3.65. The molecule has 0 nitrogen and oxygen atoms in total. The van der Waals surface area contributed by atoms with Crippen LogP contribution in [0.2, 0.25) is 0 Å². The zero-order valence-corrected chi connectivity index (χ0v) is 10.3. The highest BCUT2D eigenvalue weighted by Crippen LogP contribution is 2.42. The van der Waals surface area contributed by atoms with E-state index in [1.165, 1.54) is 13.3 Å². The van der Waals surface area contributed by atoms with Crippen LogP contribution in [0.1, 0.15) is 4.88 Å². The minimum Gasteiger partial charge on any atom is -0.137 e. The van der Waals surface area contributed by atoms with E-state index in [1.54, 1.807) is 11.3 Å². The van der Waals surface area contributed by atoms with E-state index < -0.39 is 0 Å². The Hall–Kier alpha value is 0.1000. The van der Waals surface area contributed by atoms with Crippen LogP contribution in [0.5, 0.6) is 0 Å². The Bertz CT molecular complexity index is 361. The molecule has 0 unspecified atom stereocenters. The van der Waals surface area contributed by atoms with Crippen LogP contribution < -0.4 is 0 Å². The maximum Gasteiger partial charge on any atom is 0.0712 e. The molecule has 0 aromatic carbocycles. The van der Waals surface area contributed by atoms with Crippen molar-refractivity contribution in [1.82, 2.24) is 0 Å². The van der Waals surface area contributed by atoms with Gasteiger partial charge in [-0.25, -0.2) is 0 Å². The molecule has 2 rings (SSSR count). The molecule has 0 N–H and O–H groups in total. The SMILES string of the molecule is Cc1ccc(SSc2cccs2)s1. The van der Waals surface area contributed by atoms with Crippen LogP contribution in [0.3, 0.4) is 0 Å². The van der Waals surface area contributed by atoms with Gasteiger partial charge < -0.3 is 0 Å². The average molecular weight is 244 g/mol. The normalized spacial score (nSPS) is 10.5. The predicted octanol–water partition coefficient (Wildman–Crippen LogP) is 4.92. The van der Waals surface area contributed by atoms with Crippen LogP contribution in [0.25, 0.3) is 0 Å². The molecule has 0 amide bonds. The van der Waals surface area contributed by atoms with Crippen molar-refractivity contribution in [2.75, 3.05) is 0 Å². The van der Waals surface area contributed by atoms with Gasteiger partial charge in [0.25, 0.3) is 0 Å². The summed E-state index contributed by atoms with van der Waals surface area (Å²) in [7, 11) is 3.68. The van der Waals surface area contributed by atoms with Gasteiger partial charge in [-0.3, -0.25) is 0 Å². The maximum absolute atomic E-state index is 2.19. The van der Waals surface area contributed by atoms with Crippen molar-refractivity contribution in [3.63, 3.8) is 0 Å². The van der Waals surface area contributed by atoms with Gasteiger partial charge in [0.15, 0.2) is 0 Å². The van der Waals surface area contributed by atoms with Crippen molar-refractivity contribution >= 4 is 44.3 Å². The van der Waals surface area contributed by atoms with Gasteiger partial charge in [0.05, 0.1) is 8.42 Å². The number of thiophene rings is 2. The first-order valence-corrected chi connectivity index (χ1v) is 7.63. The number of hydrogen-bond acceptors (Lipinski definition) is 4.